The zero-order valence-electron chi connectivity index (χ0n) is 7.92. The number of piperidine rings is 1. The van der Waals surface area contributed by atoms with Crippen LogP contribution in [0.3, 0.4) is 0 Å². The van der Waals surface area contributed by atoms with Gasteiger partial charge in [-0.25, -0.2) is 0 Å². The van der Waals surface area contributed by atoms with Crippen molar-refractivity contribution in [2.24, 2.45) is 5.92 Å². The Balaban J connectivity index is 2.18. The number of hydrogen-bond acceptors (Lipinski definition) is 2. The van der Waals surface area contributed by atoms with Crippen LogP contribution in [-0.4, -0.2) is 29.8 Å². The van der Waals surface area contributed by atoms with E-state index in [4.69, 9.17) is 0 Å². The molecule has 0 radical (unpaired) electrons. The molecular formula is C10H17NO. The van der Waals surface area contributed by atoms with Gasteiger partial charge in [0.25, 0.3) is 0 Å². The van der Waals surface area contributed by atoms with Crippen LogP contribution in [0.25, 0.3) is 0 Å². The molecule has 2 aliphatic heterocycles. The number of carbonyl (C=O) groups is 1. The first kappa shape index (κ1) is 8.24. The van der Waals surface area contributed by atoms with E-state index in [9.17, 15) is 4.79 Å². The fraction of sp³-hybridized carbons (Fsp3) is 0.900. The van der Waals surface area contributed by atoms with E-state index >= 15 is 0 Å². The molecule has 0 amide bonds. The van der Waals surface area contributed by atoms with Crippen molar-refractivity contribution in [3.8, 4) is 0 Å². The summed E-state index contributed by atoms with van der Waals surface area (Å²) < 4.78 is 0. The van der Waals surface area contributed by atoms with E-state index in [2.05, 4.69) is 18.9 Å². The lowest BCUT2D eigenvalue weighted by atomic mass is 9.95. The van der Waals surface area contributed by atoms with Crippen molar-refractivity contribution < 1.29 is 4.79 Å². The molecule has 2 heteroatoms. The van der Waals surface area contributed by atoms with Gasteiger partial charge in [-0.2, -0.15) is 0 Å². The van der Waals surface area contributed by atoms with E-state index in [0.717, 1.165) is 25.2 Å². The molecule has 2 aliphatic rings. The van der Waals surface area contributed by atoms with E-state index in [-0.39, 0.29) is 6.04 Å². The predicted octanol–water partition coefficient (Wildman–Crippen LogP) is 1.45. The highest BCUT2D eigenvalue weighted by Crippen LogP contribution is 2.38. The number of Topliss-reactive ketones (excluding diaryl/α,β-unsaturated/α-hetero) is 1. The fourth-order valence-electron chi connectivity index (χ4n) is 2.87. The van der Waals surface area contributed by atoms with E-state index in [1.165, 1.54) is 6.42 Å². The lowest BCUT2D eigenvalue weighted by Crippen LogP contribution is -2.43. The molecule has 2 bridgehead atoms. The Morgan fingerprint density at radius 3 is 2.92 bits per heavy atom. The fourth-order valence-corrected chi connectivity index (χ4v) is 2.87. The Hall–Kier alpha value is -0.370. The Kier molecular flexibility index (Phi) is 1.95. The Morgan fingerprint density at radius 1 is 1.58 bits per heavy atom. The summed E-state index contributed by atoms with van der Waals surface area (Å²) in [5.74, 6) is 1.26. The van der Waals surface area contributed by atoms with E-state index < -0.39 is 0 Å². The second-order valence-corrected chi connectivity index (χ2v) is 4.16. The van der Waals surface area contributed by atoms with Crippen molar-refractivity contribution in [1.29, 1.82) is 0 Å². The van der Waals surface area contributed by atoms with Crippen LogP contribution in [0.1, 0.15) is 32.6 Å². The first-order valence-corrected chi connectivity index (χ1v) is 4.98. The molecule has 68 valence electrons. The maximum absolute atomic E-state index is 11.5. The molecule has 1 unspecified atom stereocenters. The Bertz CT molecular complexity index is 202. The zero-order valence-corrected chi connectivity index (χ0v) is 7.92. The third-order valence-electron chi connectivity index (χ3n) is 3.67. The van der Waals surface area contributed by atoms with Gasteiger partial charge in [0.1, 0.15) is 5.78 Å². The minimum Gasteiger partial charge on any atom is -0.298 e. The maximum Gasteiger partial charge on any atom is 0.150 e. The van der Waals surface area contributed by atoms with Gasteiger partial charge in [0, 0.05) is 12.5 Å². The zero-order chi connectivity index (χ0) is 8.72. The van der Waals surface area contributed by atoms with Crippen LogP contribution in [-0.2, 0) is 4.79 Å². The third-order valence-corrected chi connectivity index (χ3v) is 3.67. The summed E-state index contributed by atoms with van der Waals surface area (Å²) in [5.41, 5.74) is 0. The lowest BCUT2D eigenvalue weighted by Gasteiger charge is -2.31. The maximum atomic E-state index is 11.5. The van der Waals surface area contributed by atoms with Gasteiger partial charge in [0.2, 0.25) is 0 Å². The van der Waals surface area contributed by atoms with Crippen molar-refractivity contribution >= 4 is 5.78 Å². The molecule has 2 fully saturated rings. The van der Waals surface area contributed by atoms with Gasteiger partial charge in [-0.1, -0.05) is 13.3 Å². The van der Waals surface area contributed by atoms with E-state index in [1.807, 2.05) is 0 Å². The first-order valence-electron chi connectivity index (χ1n) is 4.98. The van der Waals surface area contributed by atoms with Crippen LogP contribution in [0.2, 0.25) is 0 Å². The molecule has 2 saturated heterocycles. The van der Waals surface area contributed by atoms with Crippen LogP contribution >= 0.6 is 0 Å². The standard InChI is InChI=1S/C10H17NO/c1-3-7-6-9-10(12)5-4-8(7)11(9)2/h7-9H,3-6H2,1-2H3/t7?,8-,9-/m1/s1. The van der Waals surface area contributed by atoms with Crippen LogP contribution in [0.4, 0.5) is 0 Å². The highest BCUT2D eigenvalue weighted by molar-refractivity contribution is 5.85. The van der Waals surface area contributed by atoms with Crippen LogP contribution < -0.4 is 0 Å². The summed E-state index contributed by atoms with van der Waals surface area (Å²) in [4.78, 5) is 13.8. The van der Waals surface area contributed by atoms with Crippen molar-refractivity contribution in [2.75, 3.05) is 7.05 Å². The smallest absolute Gasteiger partial charge is 0.150 e. The third kappa shape index (κ3) is 1.01. The number of fused-ring (bicyclic) bond motifs is 2. The van der Waals surface area contributed by atoms with Crippen LogP contribution in [0, 0.1) is 5.92 Å². The van der Waals surface area contributed by atoms with Gasteiger partial charge in [-0.15, -0.1) is 0 Å². The van der Waals surface area contributed by atoms with E-state index in [0.29, 0.717) is 11.8 Å². The molecule has 3 atom stereocenters. The topological polar surface area (TPSA) is 20.3 Å². The molecule has 0 N–H and O–H groups in total. The highest BCUT2D eigenvalue weighted by Gasteiger charge is 2.44. The number of ketones is 1. The summed E-state index contributed by atoms with van der Waals surface area (Å²) in [6, 6.07) is 0.978. The molecule has 0 aromatic rings. The molecule has 2 nitrogen and oxygen atoms in total. The van der Waals surface area contributed by atoms with Gasteiger partial charge in [0.15, 0.2) is 0 Å². The van der Waals surface area contributed by atoms with Gasteiger partial charge >= 0.3 is 0 Å². The van der Waals surface area contributed by atoms with Crippen molar-refractivity contribution in [2.45, 2.75) is 44.7 Å². The number of likely N-dealkylation sites (N-methyl/N-ethyl adjacent to an activating group) is 1. The average molecular weight is 167 g/mol. The van der Waals surface area contributed by atoms with Crippen LogP contribution in [0.5, 0.6) is 0 Å². The molecule has 0 aliphatic carbocycles. The van der Waals surface area contributed by atoms with E-state index in [1.54, 1.807) is 0 Å². The summed E-state index contributed by atoms with van der Waals surface area (Å²) in [5, 5.41) is 0. The number of hydrogen-bond donors (Lipinski definition) is 0. The SMILES string of the molecule is CCC1C[C@@H]2C(=O)CC[C@H]1N2C. The van der Waals surface area contributed by atoms with Crippen molar-refractivity contribution in [3.05, 3.63) is 0 Å². The monoisotopic (exact) mass is 167 g/mol. The summed E-state index contributed by atoms with van der Waals surface area (Å²) >= 11 is 0. The highest BCUT2D eigenvalue weighted by atomic mass is 16.1. The molecule has 2 heterocycles. The van der Waals surface area contributed by atoms with Gasteiger partial charge in [0.05, 0.1) is 6.04 Å². The summed E-state index contributed by atoms with van der Waals surface area (Å²) in [7, 11) is 2.11. The minimum atomic E-state index is 0.272. The van der Waals surface area contributed by atoms with Crippen molar-refractivity contribution in [1.82, 2.24) is 4.90 Å². The normalized spacial score (nSPS) is 42.2. The average Bonchev–Trinajstić information content (AvgIpc) is 2.26. The second-order valence-electron chi connectivity index (χ2n) is 4.16. The lowest BCUT2D eigenvalue weighted by molar-refractivity contribution is -0.125. The quantitative estimate of drug-likeness (QED) is 0.589. The number of rotatable bonds is 1. The molecule has 0 aromatic heterocycles. The van der Waals surface area contributed by atoms with Crippen LogP contribution in [0.15, 0.2) is 0 Å². The van der Waals surface area contributed by atoms with Gasteiger partial charge in [-0.3, -0.25) is 9.69 Å². The minimum absolute atomic E-state index is 0.272. The number of nitrogens with zero attached hydrogens (tertiary/aromatic N) is 1. The molecule has 2 rings (SSSR count). The van der Waals surface area contributed by atoms with Gasteiger partial charge < -0.3 is 0 Å². The first-order chi connectivity index (χ1) is 5.74. The molecule has 12 heavy (non-hydrogen) atoms. The summed E-state index contributed by atoms with van der Waals surface area (Å²) in [6.07, 6.45) is 4.29. The molecule has 0 saturated carbocycles. The molecular weight excluding hydrogens is 150 g/mol. The second kappa shape index (κ2) is 2.84. The summed E-state index contributed by atoms with van der Waals surface area (Å²) in [6.45, 7) is 2.24. The largest absolute Gasteiger partial charge is 0.298 e. The van der Waals surface area contributed by atoms with Crippen molar-refractivity contribution in [3.63, 3.8) is 0 Å². The molecule has 0 spiro atoms. The van der Waals surface area contributed by atoms with Gasteiger partial charge in [-0.05, 0) is 25.8 Å². The Labute approximate surface area is 73.9 Å². The Morgan fingerprint density at radius 2 is 2.33 bits per heavy atom. The molecule has 0 aromatic carbocycles. The number of carbonyl (C=O) groups excluding carboxylic acids is 1. The predicted molar refractivity (Wildman–Crippen MR) is 48.0 cm³/mol.